The zero-order valence-corrected chi connectivity index (χ0v) is 16.1. The molecule has 1 unspecified atom stereocenters. The topological polar surface area (TPSA) is 32.6 Å². The zero-order chi connectivity index (χ0) is 19.9. The number of nitrogens with zero attached hydrogens (tertiary/aromatic N) is 1. The van der Waals surface area contributed by atoms with Crippen LogP contribution in [-0.4, -0.2) is 11.3 Å². The summed E-state index contributed by atoms with van der Waals surface area (Å²) in [5.74, 6) is 0. The first-order valence-electron chi connectivity index (χ1n) is 9.75. The van der Waals surface area contributed by atoms with E-state index >= 15 is 0 Å². The molecule has 0 saturated carbocycles. The van der Waals surface area contributed by atoms with E-state index in [0.29, 0.717) is 0 Å². The average Bonchev–Trinajstić information content (AvgIpc) is 2.81. The van der Waals surface area contributed by atoms with Gasteiger partial charge in [0, 0.05) is 6.21 Å². The van der Waals surface area contributed by atoms with Gasteiger partial charge in [-0.25, -0.2) is 0 Å². The summed E-state index contributed by atoms with van der Waals surface area (Å²) < 4.78 is 0. The van der Waals surface area contributed by atoms with E-state index in [4.69, 9.17) is 4.99 Å². The van der Waals surface area contributed by atoms with Gasteiger partial charge in [-0.2, -0.15) is 0 Å². The van der Waals surface area contributed by atoms with Crippen molar-refractivity contribution in [2.24, 2.45) is 4.99 Å². The maximum absolute atomic E-state index is 12.2. The molecule has 0 fully saturated rings. The summed E-state index contributed by atoms with van der Waals surface area (Å²) in [5, 5.41) is 12.2. The van der Waals surface area contributed by atoms with Gasteiger partial charge in [0.25, 0.3) is 0 Å². The molecule has 142 valence electrons. The van der Waals surface area contributed by atoms with Crippen LogP contribution in [0.1, 0.15) is 28.3 Å². The molecular weight excluding hydrogens is 354 g/mol. The maximum Gasteiger partial charge on any atom is 0.141 e. The van der Waals surface area contributed by atoms with Crippen molar-refractivity contribution in [2.45, 2.75) is 11.6 Å². The first-order valence-corrected chi connectivity index (χ1v) is 9.75. The predicted octanol–water partition coefficient (Wildman–Crippen LogP) is 5.78. The molecule has 0 spiro atoms. The van der Waals surface area contributed by atoms with Crippen LogP contribution in [0.5, 0.6) is 0 Å². The largest absolute Gasteiger partial charge is 0.378 e. The normalized spacial score (nSPS) is 12.7. The van der Waals surface area contributed by atoms with Gasteiger partial charge in [0.1, 0.15) is 11.6 Å². The van der Waals surface area contributed by atoms with E-state index in [0.717, 1.165) is 22.3 Å². The first kappa shape index (κ1) is 18.9. The third kappa shape index (κ3) is 4.03. The minimum absolute atomic E-state index is 0.506. The monoisotopic (exact) mass is 377 g/mol. The van der Waals surface area contributed by atoms with Crippen LogP contribution < -0.4 is 0 Å². The van der Waals surface area contributed by atoms with Gasteiger partial charge in [0.15, 0.2) is 0 Å². The lowest BCUT2D eigenvalue weighted by Crippen LogP contribution is -2.34. The molecule has 0 aliphatic rings. The lowest BCUT2D eigenvalue weighted by atomic mass is 9.77. The van der Waals surface area contributed by atoms with E-state index in [9.17, 15) is 5.11 Å². The third-order valence-electron chi connectivity index (χ3n) is 5.11. The fourth-order valence-corrected chi connectivity index (χ4v) is 3.64. The summed E-state index contributed by atoms with van der Waals surface area (Å²) in [6.45, 7) is 0. The number of hydrogen-bond donors (Lipinski definition) is 1. The quantitative estimate of drug-likeness (QED) is 0.424. The van der Waals surface area contributed by atoms with Crippen LogP contribution in [0.2, 0.25) is 0 Å². The summed E-state index contributed by atoms with van der Waals surface area (Å²) in [5.41, 5.74) is 2.26. The van der Waals surface area contributed by atoms with E-state index in [1.165, 1.54) is 0 Å². The van der Waals surface area contributed by atoms with Gasteiger partial charge < -0.3 is 5.11 Å². The average molecular weight is 377 g/mol. The molecule has 0 heterocycles. The summed E-state index contributed by atoms with van der Waals surface area (Å²) in [6, 6.07) is 39.0. The molecular formula is C27H23NO. The Kier molecular flexibility index (Phi) is 5.64. The van der Waals surface area contributed by atoms with Crippen molar-refractivity contribution in [2.75, 3.05) is 0 Å². The highest BCUT2D eigenvalue weighted by molar-refractivity contribution is 5.79. The summed E-state index contributed by atoms with van der Waals surface area (Å²) in [4.78, 5) is 4.91. The highest BCUT2D eigenvalue weighted by Gasteiger charge is 2.41. The van der Waals surface area contributed by atoms with Crippen LogP contribution in [-0.2, 0) is 5.60 Å². The van der Waals surface area contributed by atoms with Crippen molar-refractivity contribution in [3.8, 4) is 0 Å². The van der Waals surface area contributed by atoms with Crippen LogP contribution in [0.3, 0.4) is 0 Å². The molecule has 0 bridgehead atoms. The Morgan fingerprint density at radius 2 is 1.00 bits per heavy atom. The van der Waals surface area contributed by atoms with Crippen LogP contribution >= 0.6 is 0 Å². The molecule has 4 aromatic carbocycles. The molecule has 0 radical (unpaired) electrons. The maximum atomic E-state index is 12.2. The van der Waals surface area contributed by atoms with Gasteiger partial charge in [-0.1, -0.05) is 121 Å². The minimum Gasteiger partial charge on any atom is -0.378 e. The van der Waals surface area contributed by atoms with E-state index in [2.05, 4.69) is 0 Å². The molecule has 2 nitrogen and oxygen atoms in total. The Morgan fingerprint density at radius 3 is 1.48 bits per heavy atom. The standard InChI is InChI=1S/C27H23NO/c29-27(24-17-9-3-10-18-24,25-19-11-4-12-20-25)26(23-15-7-2-8-16-23)28-21-22-13-5-1-6-14-22/h1-21,26,29H. The number of hydrogen-bond acceptors (Lipinski definition) is 2. The van der Waals surface area contributed by atoms with E-state index in [1.54, 1.807) is 0 Å². The van der Waals surface area contributed by atoms with Gasteiger partial charge in [0.05, 0.1) is 0 Å². The Hall–Kier alpha value is -3.49. The lowest BCUT2D eigenvalue weighted by Gasteiger charge is -2.35. The summed E-state index contributed by atoms with van der Waals surface area (Å²) in [6.07, 6.45) is 1.84. The number of aliphatic imine (C=N–C) groups is 1. The molecule has 29 heavy (non-hydrogen) atoms. The highest BCUT2D eigenvalue weighted by Crippen LogP contribution is 2.43. The Balaban J connectivity index is 1.90. The van der Waals surface area contributed by atoms with Crippen molar-refractivity contribution in [1.29, 1.82) is 0 Å². The summed E-state index contributed by atoms with van der Waals surface area (Å²) >= 11 is 0. The molecule has 0 aliphatic heterocycles. The van der Waals surface area contributed by atoms with Crippen molar-refractivity contribution < 1.29 is 5.11 Å². The molecule has 0 aliphatic carbocycles. The van der Waals surface area contributed by atoms with Gasteiger partial charge in [-0.3, -0.25) is 4.99 Å². The number of rotatable bonds is 6. The SMILES string of the molecule is OC(c1ccccc1)(c1ccccc1)C(N=Cc1ccccc1)c1ccccc1. The summed E-state index contributed by atoms with van der Waals surface area (Å²) in [7, 11) is 0. The van der Waals surface area contributed by atoms with E-state index < -0.39 is 11.6 Å². The van der Waals surface area contributed by atoms with Gasteiger partial charge in [-0.05, 0) is 22.3 Å². The first-order chi connectivity index (χ1) is 14.3. The van der Waals surface area contributed by atoms with Gasteiger partial charge in [0.2, 0.25) is 0 Å². The lowest BCUT2D eigenvalue weighted by molar-refractivity contribution is 0.0523. The van der Waals surface area contributed by atoms with Crippen molar-refractivity contribution >= 4 is 6.21 Å². The number of aliphatic hydroxyl groups is 1. The van der Waals surface area contributed by atoms with Crippen LogP contribution in [0, 0.1) is 0 Å². The van der Waals surface area contributed by atoms with Crippen molar-refractivity contribution in [3.63, 3.8) is 0 Å². The molecule has 4 rings (SSSR count). The second-order valence-corrected chi connectivity index (χ2v) is 7.00. The Bertz CT molecular complexity index is 1010. The van der Waals surface area contributed by atoms with E-state index in [-0.39, 0.29) is 0 Å². The van der Waals surface area contributed by atoms with Gasteiger partial charge >= 0.3 is 0 Å². The zero-order valence-electron chi connectivity index (χ0n) is 16.1. The third-order valence-corrected chi connectivity index (χ3v) is 5.11. The molecule has 0 saturated heterocycles. The second-order valence-electron chi connectivity index (χ2n) is 7.00. The smallest absolute Gasteiger partial charge is 0.141 e. The molecule has 2 heteroatoms. The molecule has 1 N–H and O–H groups in total. The van der Waals surface area contributed by atoms with E-state index in [1.807, 2.05) is 128 Å². The van der Waals surface area contributed by atoms with Crippen LogP contribution in [0.25, 0.3) is 0 Å². The predicted molar refractivity (Wildman–Crippen MR) is 119 cm³/mol. The van der Waals surface area contributed by atoms with Crippen LogP contribution in [0.4, 0.5) is 0 Å². The molecule has 0 amide bonds. The minimum atomic E-state index is -1.31. The van der Waals surface area contributed by atoms with Crippen molar-refractivity contribution in [3.05, 3.63) is 144 Å². The second kappa shape index (κ2) is 8.68. The Labute approximate surface area is 171 Å². The fraction of sp³-hybridized carbons (Fsp3) is 0.0741. The molecule has 1 atom stereocenters. The van der Waals surface area contributed by atoms with Crippen LogP contribution in [0.15, 0.2) is 126 Å². The van der Waals surface area contributed by atoms with Gasteiger partial charge in [-0.15, -0.1) is 0 Å². The highest BCUT2D eigenvalue weighted by atomic mass is 16.3. The number of benzene rings is 4. The molecule has 4 aromatic rings. The fourth-order valence-electron chi connectivity index (χ4n) is 3.64. The Morgan fingerprint density at radius 1 is 0.586 bits per heavy atom. The van der Waals surface area contributed by atoms with Crippen molar-refractivity contribution in [1.82, 2.24) is 0 Å². The molecule has 0 aromatic heterocycles.